The summed E-state index contributed by atoms with van der Waals surface area (Å²) in [6.45, 7) is 1.98. The van der Waals surface area contributed by atoms with Gasteiger partial charge >= 0.3 is 5.97 Å². The lowest BCUT2D eigenvalue weighted by Crippen LogP contribution is -2.13. The first kappa shape index (κ1) is 19.5. The fourth-order valence-electron chi connectivity index (χ4n) is 2.23. The molecule has 0 atom stereocenters. The Kier molecular flexibility index (Phi) is 6.55. The average molecular weight is 366 g/mol. The first-order valence-corrected chi connectivity index (χ1v) is 8.06. The van der Waals surface area contributed by atoms with Crippen molar-refractivity contribution in [3.63, 3.8) is 0 Å². The van der Waals surface area contributed by atoms with Crippen LogP contribution in [-0.4, -0.2) is 30.7 Å². The van der Waals surface area contributed by atoms with Gasteiger partial charge in [0.15, 0.2) is 11.5 Å². The number of ether oxygens (including phenoxy) is 2. The minimum Gasteiger partial charge on any atom is -0.504 e. The van der Waals surface area contributed by atoms with Crippen molar-refractivity contribution in [3.8, 4) is 17.6 Å². The monoisotopic (exact) mass is 366 g/mol. The number of carbonyl (C=O) groups is 2. The third-order valence-electron chi connectivity index (χ3n) is 3.57. The van der Waals surface area contributed by atoms with E-state index < -0.39 is 11.9 Å². The van der Waals surface area contributed by atoms with Crippen molar-refractivity contribution in [2.24, 2.45) is 0 Å². The zero-order valence-corrected chi connectivity index (χ0v) is 14.9. The van der Waals surface area contributed by atoms with Crippen LogP contribution in [0.25, 0.3) is 6.08 Å². The molecule has 2 rings (SSSR count). The minimum atomic E-state index is -0.649. The molecule has 2 aromatic rings. The fourth-order valence-corrected chi connectivity index (χ4v) is 2.23. The quantitative estimate of drug-likeness (QED) is 0.462. The van der Waals surface area contributed by atoms with E-state index in [2.05, 4.69) is 5.32 Å². The Bertz CT molecular complexity index is 911. The molecule has 0 saturated carbocycles. The summed E-state index contributed by atoms with van der Waals surface area (Å²) in [6, 6.07) is 12.6. The third kappa shape index (κ3) is 4.86. The molecular weight excluding hydrogens is 348 g/mol. The van der Waals surface area contributed by atoms with E-state index in [4.69, 9.17) is 9.47 Å². The first-order valence-electron chi connectivity index (χ1n) is 8.06. The zero-order valence-electron chi connectivity index (χ0n) is 14.9. The summed E-state index contributed by atoms with van der Waals surface area (Å²) in [5.74, 6) is -1.04. The predicted molar refractivity (Wildman–Crippen MR) is 99.3 cm³/mol. The lowest BCUT2D eigenvalue weighted by Gasteiger charge is -2.07. The van der Waals surface area contributed by atoms with Crippen LogP contribution in [0.1, 0.15) is 22.8 Å². The highest BCUT2D eigenvalue weighted by molar-refractivity contribution is 6.10. The number of methoxy groups -OCH3 is 1. The molecule has 2 N–H and O–H groups in total. The van der Waals surface area contributed by atoms with Gasteiger partial charge in [-0.3, -0.25) is 4.79 Å². The maximum Gasteiger partial charge on any atom is 0.338 e. The van der Waals surface area contributed by atoms with E-state index >= 15 is 0 Å². The fraction of sp³-hybridized carbons (Fsp3) is 0.150. The summed E-state index contributed by atoms with van der Waals surface area (Å²) in [5, 5.41) is 21.9. The van der Waals surface area contributed by atoms with Crippen LogP contribution in [0.4, 0.5) is 5.69 Å². The van der Waals surface area contributed by atoms with Crippen LogP contribution in [-0.2, 0) is 9.53 Å². The number of nitrogens with zero attached hydrogens (tertiary/aromatic N) is 1. The summed E-state index contributed by atoms with van der Waals surface area (Å²) in [4.78, 5) is 24.0. The van der Waals surface area contributed by atoms with Gasteiger partial charge in [0.05, 0.1) is 19.3 Å². The number of rotatable bonds is 6. The van der Waals surface area contributed by atoms with Crippen molar-refractivity contribution in [2.45, 2.75) is 6.92 Å². The van der Waals surface area contributed by atoms with E-state index in [1.807, 2.05) is 0 Å². The predicted octanol–water partition coefficient (Wildman–Crippen LogP) is 3.12. The van der Waals surface area contributed by atoms with Crippen molar-refractivity contribution in [1.29, 1.82) is 5.26 Å². The molecule has 27 heavy (non-hydrogen) atoms. The van der Waals surface area contributed by atoms with Crippen molar-refractivity contribution in [2.75, 3.05) is 19.0 Å². The second-order valence-corrected chi connectivity index (χ2v) is 5.32. The normalized spacial score (nSPS) is 10.6. The Morgan fingerprint density at radius 1 is 1.22 bits per heavy atom. The highest BCUT2D eigenvalue weighted by Gasteiger charge is 2.13. The second kappa shape index (κ2) is 9.06. The standard InChI is InChI=1S/C20H18N2O5/c1-3-27-20(25)13-7-9-16(10-8-13)22-19(24)15(12-21)11-14-5-4-6-17(26-2)18(14)23/h4-11,23H,3H2,1-2H3,(H,22,24)/b15-11-. The average Bonchev–Trinajstić information content (AvgIpc) is 2.67. The van der Waals surface area contributed by atoms with Gasteiger partial charge in [0.1, 0.15) is 11.6 Å². The van der Waals surface area contributed by atoms with Crippen molar-refractivity contribution in [1.82, 2.24) is 0 Å². The molecule has 0 saturated heterocycles. The van der Waals surface area contributed by atoms with Gasteiger partial charge in [-0.15, -0.1) is 0 Å². The molecule has 0 radical (unpaired) electrons. The summed E-state index contributed by atoms with van der Waals surface area (Å²) < 4.78 is 9.89. The van der Waals surface area contributed by atoms with Crippen LogP contribution in [0.5, 0.6) is 11.5 Å². The number of phenolic OH excluding ortho intramolecular Hbond substituents is 1. The zero-order chi connectivity index (χ0) is 19.8. The van der Waals surface area contributed by atoms with Crippen LogP contribution < -0.4 is 10.1 Å². The molecule has 1 amide bonds. The van der Waals surface area contributed by atoms with Crippen LogP contribution in [0.3, 0.4) is 0 Å². The number of para-hydroxylation sites is 1. The van der Waals surface area contributed by atoms with E-state index in [0.29, 0.717) is 11.3 Å². The highest BCUT2D eigenvalue weighted by Crippen LogP contribution is 2.30. The molecule has 2 aromatic carbocycles. The van der Waals surface area contributed by atoms with E-state index in [0.717, 1.165) is 0 Å². The lowest BCUT2D eigenvalue weighted by atomic mass is 10.1. The number of carbonyl (C=O) groups excluding carboxylic acids is 2. The number of aromatic hydroxyl groups is 1. The van der Waals surface area contributed by atoms with Crippen molar-refractivity contribution < 1.29 is 24.2 Å². The Morgan fingerprint density at radius 2 is 1.93 bits per heavy atom. The molecule has 0 aromatic heterocycles. The minimum absolute atomic E-state index is 0.167. The van der Waals surface area contributed by atoms with Gasteiger partial charge in [-0.2, -0.15) is 5.26 Å². The number of amides is 1. The Hall–Kier alpha value is -3.79. The van der Waals surface area contributed by atoms with Gasteiger partial charge in [-0.1, -0.05) is 12.1 Å². The molecule has 0 spiro atoms. The molecule has 0 aliphatic carbocycles. The number of benzene rings is 2. The molecule has 7 nitrogen and oxygen atoms in total. The maximum atomic E-state index is 12.3. The number of nitrogens with one attached hydrogen (secondary N) is 1. The van der Waals surface area contributed by atoms with E-state index in [1.165, 1.54) is 37.5 Å². The lowest BCUT2D eigenvalue weighted by molar-refractivity contribution is -0.112. The highest BCUT2D eigenvalue weighted by atomic mass is 16.5. The van der Waals surface area contributed by atoms with Crippen LogP contribution in [0.15, 0.2) is 48.0 Å². The van der Waals surface area contributed by atoms with Crippen molar-refractivity contribution in [3.05, 3.63) is 59.2 Å². The van der Waals surface area contributed by atoms with Crippen LogP contribution in [0.2, 0.25) is 0 Å². The molecular formula is C20H18N2O5. The Labute approximate surface area is 156 Å². The number of phenols is 1. The van der Waals surface area contributed by atoms with Gasteiger partial charge < -0.3 is 19.9 Å². The van der Waals surface area contributed by atoms with E-state index in [9.17, 15) is 20.0 Å². The summed E-state index contributed by atoms with van der Waals surface area (Å²) in [6.07, 6.45) is 1.26. The Morgan fingerprint density at radius 3 is 2.52 bits per heavy atom. The molecule has 7 heteroatoms. The molecule has 0 aliphatic heterocycles. The van der Waals surface area contributed by atoms with Crippen LogP contribution in [0, 0.1) is 11.3 Å². The van der Waals surface area contributed by atoms with Gasteiger partial charge in [0, 0.05) is 11.3 Å². The molecule has 0 bridgehead atoms. The molecule has 0 unspecified atom stereocenters. The SMILES string of the molecule is CCOC(=O)c1ccc(NC(=O)/C(C#N)=C\c2cccc(OC)c2O)cc1. The number of nitriles is 1. The molecule has 0 fully saturated rings. The second-order valence-electron chi connectivity index (χ2n) is 5.32. The topological polar surface area (TPSA) is 109 Å². The molecule has 0 heterocycles. The third-order valence-corrected chi connectivity index (χ3v) is 3.57. The van der Waals surface area contributed by atoms with Gasteiger partial charge in [0.2, 0.25) is 0 Å². The number of esters is 1. The van der Waals surface area contributed by atoms with E-state index in [-0.39, 0.29) is 29.2 Å². The van der Waals surface area contributed by atoms with Crippen LogP contribution >= 0.6 is 0 Å². The smallest absolute Gasteiger partial charge is 0.338 e. The largest absolute Gasteiger partial charge is 0.504 e. The number of hydrogen-bond acceptors (Lipinski definition) is 6. The van der Waals surface area contributed by atoms with E-state index in [1.54, 1.807) is 31.2 Å². The number of hydrogen-bond donors (Lipinski definition) is 2. The summed E-state index contributed by atoms with van der Waals surface area (Å²) in [7, 11) is 1.40. The first-order chi connectivity index (χ1) is 13.0. The number of anilines is 1. The van der Waals surface area contributed by atoms with Gasteiger partial charge in [-0.25, -0.2) is 4.79 Å². The molecule has 138 valence electrons. The van der Waals surface area contributed by atoms with Crippen molar-refractivity contribution >= 4 is 23.6 Å². The summed E-state index contributed by atoms with van der Waals surface area (Å²) in [5.41, 5.74) is 0.836. The van der Waals surface area contributed by atoms with Gasteiger partial charge in [-0.05, 0) is 43.3 Å². The Balaban J connectivity index is 2.18. The van der Waals surface area contributed by atoms with Gasteiger partial charge in [0.25, 0.3) is 5.91 Å². The molecule has 0 aliphatic rings. The summed E-state index contributed by atoms with van der Waals surface area (Å²) >= 11 is 0. The maximum absolute atomic E-state index is 12.3.